The van der Waals surface area contributed by atoms with Gasteiger partial charge in [-0.1, -0.05) is 26.0 Å². The maximum absolute atomic E-state index is 12.5. The molecule has 7 heteroatoms. The van der Waals surface area contributed by atoms with Gasteiger partial charge in [0.2, 0.25) is 0 Å². The average Bonchev–Trinajstić information content (AvgIpc) is 2.92. The quantitative estimate of drug-likeness (QED) is 0.883. The molecule has 0 aliphatic rings. The second kappa shape index (κ2) is 6.85. The van der Waals surface area contributed by atoms with E-state index in [4.69, 9.17) is 0 Å². The van der Waals surface area contributed by atoms with E-state index in [0.717, 1.165) is 24.2 Å². The van der Waals surface area contributed by atoms with E-state index < -0.39 is 11.7 Å². The molecule has 124 valence electrons. The summed E-state index contributed by atoms with van der Waals surface area (Å²) in [6.45, 7) is 4.26. The summed E-state index contributed by atoms with van der Waals surface area (Å²) >= 11 is 0. The van der Waals surface area contributed by atoms with Crippen LogP contribution in [0.5, 0.6) is 0 Å². The molecule has 23 heavy (non-hydrogen) atoms. The Balaban J connectivity index is 1.92. The smallest absolute Gasteiger partial charge is 0.347 e. The minimum Gasteiger partial charge on any atom is -0.347 e. The first-order valence-corrected chi connectivity index (χ1v) is 7.24. The Morgan fingerprint density at radius 2 is 1.91 bits per heavy atom. The van der Waals surface area contributed by atoms with Crippen LogP contribution in [-0.2, 0) is 19.1 Å². The first-order valence-electron chi connectivity index (χ1n) is 7.24. The van der Waals surface area contributed by atoms with Crippen LogP contribution in [0.15, 0.2) is 30.3 Å². The Labute approximate surface area is 132 Å². The molecule has 1 amide bonds. The largest absolute Gasteiger partial charge is 0.416 e. The van der Waals surface area contributed by atoms with Gasteiger partial charge in [-0.25, -0.2) is 0 Å². The molecule has 0 aliphatic carbocycles. The number of aromatic nitrogens is 2. The zero-order valence-corrected chi connectivity index (χ0v) is 12.9. The van der Waals surface area contributed by atoms with Crippen molar-refractivity contribution < 1.29 is 18.0 Å². The minimum atomic E-state index is -4.36. The summed E-state index contributed by atoms with van der Waals surface area (Å²) in [4.78, 5) is 12.0. The second-order valence-electron chi connectivity index (χ2n) is 5.75. The van der Waals surface area contributed by atoms with Crippen LogP contribution in [-0.4, -0.2) is 16.1 Å². The van der Waals surface area contributed by atoms with Crippen molar-refractivity contribution in [1.82, 2.24) is 15.5 Å². The Hall–Kier alpha value is -2.31. The third-order valence-electron chi connectivity index (χ3n) is 3.23. The van der Waals surface area contributed by atoms with Gasteiger partial charge in [0.1, 0.15) is 5.69 Å². The number of rotatable bonds is 5. The molecule has 0 aliphatic heterocycles. The van der Waals surface area contributed by atoms with E-state index in [9.17, 15) is 18.0 Å². The van der Waals surface area contributed by atoms with Crippen LogP contribution in [0.4, 0.5) is 13.2 Å². The Kier molecular flexibility index (Phi) is 5.08. The molecular formula is C16H18F3N3O. The van der Waals surface area contributed by atoms with Crippen LogP contribution in [0.25, 0.3) is 0 Å². The SMILES string of the molecule is CC(C)Cc1cc(C(=O)NCc2ccc(C(F)(F)F)cc2)n[nH]1. The highest BCUT2D eigenvalue weighted by Gasteiger charge is 2.29. The van der Waals surface area contributed by atoms with Crippen LogP contribution in [0, 0.1) is 5.92 Å². The molecule has 0 fully saturated rings. The van der Waals surface area contributed by atoms with Crippen molar-refractivity contribution in [2.24, 2.45) is 5.92 Å². The maximum atomic E-state index is 12.5. The topological polar surface area (TPSA) is 57.8 Å². The molecule has 0 atom stereocenters. The lowest BCUT2D eigenvalue weighted by Gasteiger charge is -2.08. The van der Waals surface area contributed by atoms with Crippen molar-refractivity contribution in [3.8, 4) is 0 Å². The van der Waals surface area contributed by atoms with Crippen molar-refractivity contribution in [2.45, 2.75) is 33.0 Å². The van der Waals surface area contributed by atoms with Crippen LogP contribution in [0.1, 0.15) is 41.2 Å². The number of halogens is 3. The summed E-state index contributed by atoms with van der Waals surface area (Å²) in [5.41, 5.74) is 1.02. The molecular weight excluding hydrogens is 307 g/mol. The predicted molar refractivity (Wildman–Crippen MR) is 79.7 cm³/mol. The molecule has 0 saturated carbocycles. The fourth-order valence-corrected chi connectivity index (χ4v) is 2.11. The zero-order valence-electron chi connectivity index (χ0n) is 12.9. The maximum Gasteiger partial charge on any atom is 0.416 e. The molecule has 4 nitrogen and oxygen atoms in total. The number of benzene rings is 1. The standard InChI is InChI=1S/C16H18F3N3O/c1-10(2)7-13-8-14(22-21-13)15(23)20-9-11-3-5-12(6-4-11)16(17,18)19/h3-6,8,10H,7,9H2,1-2H3,(H,20,23)(H,21,22). The number of amides is 1. The lowest BCUT2D eigenvalue weighted by Crippen LogP contribution is -2.23. The van der Waals surface area contributed by atoms with Crippen molar-refractivity contribution >= 4 is 5.91 Å². The van der Waals surface area contributed by atoms with Gasteiger partial charge in [0.05, 0.1) is 5.56 Å². The van der Waals surface area contributed by atoms with Crippen molar-refractivity contribution in [2.75, 3.05) is 0 Å². The third-order valence-corrected chi connectivity index (χ3v) is 3.23. The van der Waals surface area contributed by atoms with E-state index in [-0.39, 0.29) is 18.1 Å². The van der Waals surface area contributed by atoms with Gasteiger partial charge in [-0.3, -0.25) is 9.89 Å². The molecule has 0 saturated heterocycles. The van der Waals surface area contributed by atoms with Crippen LogP contribution in [0.2, 0.25) is 0 Å². The molecule has 2 aromatic rings. The number of carbonyl (C=O) groups is 1. The number of nitrogens with zero attached hydrogens (tertiary/aromatic N) is 1. The first kappa shape index (κ1) is 17.1. The molecule has 1 aromatic carbocycles. The van der Waals surface area contributed by atoms with Gasteiger partial charge in [-0.15, -0.1) is 0 Å². The van der Waals surface area contributed by atoms with Crippen molar-refractivity contribution in [3.63, 3.8) is 0 Å². The van der Waals surface area contributed by atoms with Crippen molar-refractivity contribution in [1.29, 1.82) is 0 Å². The fraction of sp³-hybridized carbons (Fsp3) is 0.375. The summed E-state index contributed by atoms with van der Waals surface area (Å²) in [6, 6.07) is 6.37. The second-order valence-corrected chi connectivity index (χ2v) is 5.75. The lowest BCUT2D eigenvalue weighted by atomic mass is 10.1. The molecule has 2 rings (SSSR count). The zero-order chi connectivity index (χ0) is 17.0. The number of hydrogen-bond donors (Lipinski definition) is 2. The molecule has 0 spiro atoms. The van der Waals surface area contributed by atoms with Gasteiger partial charge in [0.15, 0.2) is 0 Å². The van der Waals surface area contributed by atoms with E-state index in [1.165, 1.54) is 12.1 Å². The molecule has 0 bridgehead atoms. The predicted octanol–water partition coefficient (Wildman–Crippen LogP) is 3.56. The molecule has 1 heterocycles. The number of alkyl halides is 3. The normalized spacial score (nSPS) is 11.7. The Morgan fingerprint density at radius 1 is 1.26 bits per heavy atom. The van der Waals surface area contributed by atoms with Crippen LogP contribution >= 0.6 is 0 Å². The summed E-state index contributed by atoms with van der Waals surface area (Å²) in [5.74, 6) is 0.0784. The fourth-order valence-electron chi connectivity index (χ4n) is 2.11. The van der Waals surface area contributed by atoms with E-state index >= 15 is 0 Å². The van der Waals surface area contributed by atoms with E-state index in [1.54, 1.807) is 6.07 Å². The Morgan fingerprint density at radius 3 is 2.48 bits per heavy atom. The van der Waals surface area contributed by atoms with Gasteiger partial charge >= 0.3 is 6.18 Å². The monoisotopic (exact) mass is 325 g/mol. The molecule has 0 unspecified atom stereocenters. The lowest BCUT2D eigenvalue weighted by molar-refractivity contribution is -0.137. The number of carbonyl (C=O) groups excluding carboxylic acids is 1. The summed E-state index contributed by atoms with van der Waals surface area (Å²) < 4.78 is 37.4. The molecule has 1 aromatic heterocycles. The number of nitrogens with one attached hydrogen (secondary N) is 2. The number of aromatic amines is 1. The summed E-state index contributed by atoms with van der Waals surface area (Å²) in [7, 11) is 0. The highest BCUT2D eigenvalue weighted by Crippen LogP contribution is 2.29. The van der Waals surface area contributed by atoms with Gasteiger partial charge in [0, 0.05) is 12.2 Å². The van der Waals surface area contributed by atoms with E-state index in [2.05, 4.69) is 29.4 Å². The highest BCUT2D eigenvalue weighted by molar-refractivity contribution is 5.92. The summed E-state index contributed by atoms with van der Waals surface area (Å²) in [5, 5.41) is 9.38. The van der Waals surface area contributed by atoms with Crippen LogP contribution in [0.3, 0.4) is 0 Å². The van der Waals surface area contributed by atoms with E-state index in [0.29, 0.717) is 11.5 Å². The minimum absolute atomic E-state index is 0.142. The Bertz CT molecular complexity index is 660. The van der Waals surface area contributed by atoms with Crippen LogP contribution < -0.4 is 5.32 Å². The number of H-pyrrole nitrogens is 1. The van der Waals surface area contributed by atoms with Crippen molar-refractivity contribution in [3.05, 3.63) is 52.8 Å². The molecule has 2 N–H and O–H groups in total. The summed E-state index contributed by atoms with van der Waals surface area (Å²) in [6.07, 6.45) is -3.57. The van der Waals surface area contributed by atoms with E-state index in [1.807, 2.05) is 0 Å². The van der Waals surface area contributed by atoms with Gasteiger partial charge in [-0.05, 0) is 36.1 Å². The third kappa shape index (κ3) is 4.84. The number of hydrogen-bond acceptors (Lipinski definition) is 2. The highest BCUT2D eigenvalue weighted by atomic mass is 19.4. The average molecular weight is 325 g/mol. The van der Waals surface area contributed by atoms with Gasteiger partial charge < -0.3 is 5.32 Å². The van der Waals surface area contributed by atoms with Gasteiger partial charge in [-0.2, -0.15) is 18.3 Å². The first-order chi connectivity index (χ1) is 10.8. The molecule has 0 radical (unpaired) electrons. The van der Waals surface area contributed by atoms with Gasteiger partial charge in [0.25, 0.3) is 5.91 Å².